The fourth-order valence-electron chi connectivity index (χ4n) is 1.30. The first-order valence-electron chi connectivity index (χ1n) is 5.32. The molecule has 1 atom stereocenters. The molecule has 1 aromatic carbocycles. The van der Waals surface area contributed by atoms with Crippen LogP contribution in [0, 0.1) is 0 Å². The van der Waals surface area contributed by atoms with Crippen molar-refractivity contribution in [3.05, 3.63) is 34.9 Å². The number of ether oxygens (including phenoxy) is 1. The lowest BCUT2D eigenvalue weighted by atomic mass is 10.2. The van der Waals surface area contributed by atoms with E-state index in [1.165, 1.54) is 11.8 Å². The Bertz CT molecular complexity index is 385. The summed E-state index contributed by atoms with van der Waals surface area (Å²) in [6.07, 6.45) is 0. The van der Waals surface area contributed by atoms with Gasteiger partial charge in [0.25, 0.3) is 0 Å². The van der Waals surface area contributed by atoms with Gasteiger partial charge in [0.05, 0.1) is 12.6 Å². The summed E-state index contributed by atoms with van der Waals surface area (Å²) in [4.78, 5) is 4.30. The topological polar surface area (TPSA) is 47.6 Å². The Morgan fingerprint density at radius 2 is 2.24 bits per heavy atom. The molecule has 1 aromatic rings. The van der Waals surface area contributed by atoms with Crippen LogP contribution in [0.4, 0.5) is 0 Å². The maximum Gasteiger partial charge on any atom is 0.154 e. The number of nitrogens with two attached hydrogens (primary N) is 1. The highest BCUT2D eigenvalue weighted by Gasteiger charge is 2.03. The zero-order valence-corrected chi connectivity index (χ0v) is 11.6. The molecule has 0 aliphatic rings. The van der Waals surface area contributed by atoms with E-state index in [1.54, 1.807) is 7.11 Å². The predicted octanol–water partition coefficient (Wildman–Crippen LogP) is 2.92. The maximum atomic E-state index is 6.05. The van der Waals surface area contributed by atoms with Gasteiger partial charge in [0.2, 0.25) is 0 Å². The predicted molar refractivity (Wildman–Crippen MR) is 75.7 cm³/mol. The molecule has 1 rings (SSSR count). The highest BCUT2D eigenvalue weighted by molar-refractivity contribution is 8.13. The average Bonchev–Trinajstić information content (AvgIpc) is 2.28. The minimum atomic E-state index is 0.0822. The average molecular weight is 273 g/mol. The Morgan fingerprint density at radius 3 is 2.88 bits per heavy atom. The molecule has 0 bridgehead atoms. The van der Waals surface area contributed by atoms with E-state index in [4.69, 9.17) is 22.1 Å². The summed E-state index contributed by atoms with van der Waals surface area (Å²) in [5.41, 5.74) is 6.88. The highest BCUT2D eigenvalue weighted by Crippen LogP contribution is 2.20. The van der Waals surface area contributed by atoms with Crippen molar-refractivity contribution in [1.29, 1.82) is 0 Å². The van der Waals surface area contributed by atoms with Gasteiger partial charge < -0.3 is 10.5 Å². The van der Waals surface area contributed by atoms with E-state index in [-0.39, 0.29) is 6.04 Å². The lowest BCUT2D eigenvalue weighted by Gasteiger charge is -2.07. The molecule has 3 nitrogen and oxygen atoms in total. The van der Waals surface area contributed by atoms with Gasteiger partial charge >= 0.3 is 0 Å². The Balaban J connectivity index is 2.48. The summed E-state index contributed by atoms with van der Waals surface area (Å²) >= 11 is 7.53. The van der Waals surface area contributed by atoms with E-state index in [1.807, 2.05) is 31.2 Å². The van der Waals surface area contributed by atoms with Crippen LogP contribution in [-0.4, -0.2) is 24.9 Å². The number of amidine groups is 1. The van der Waals surface area contributed by atoms with Gasteiger partial charge in [-0.1, -0.05) is 41.6 Å². The van der Waals surface area contributed by atoms with Crippen molar-refractivity contribution in [3.8, 4) is 0 Å². The van der Waals surface area contributed by atoms with Crippen molar-refractivity contribution in [2.45, 2.75) is 18.7 Å². The molecule has 0 radical (unpaired) electrons. The SMILES string of the molecule is COC[C@H](C)N=C(N)SCc1ccccc1Cl. The summed E-state index contributed by atoms with van der Waals surface area (Å²) in [5.74, 6) is 0.731. The largest absolute Gasteiger partial charge is 0.382 e. The van der Waals surface area contributed by atoms with Crippen molar-refractivity contribution in [3.63, 3.8) is 0 Å². The molecule has 0 aromatic heterocycles. The normalized spacial score (nSPS) is 13.7. The number of thioether (sulfide) groups is 1. The van der Waals surface area contributed by atoms with Crippen molar-refractivity contribution in [2.24, 2.45) is 10.7 Å². The molecule has 0 heterocycles. The second-order valence-corrected chi connectivity index (χ2v) is 5.05. The number of methoxy groups -OCH3 is 1. The standard InChI is InChI=1S/C12H17ClN2OS/c1-9(7-16-2)15-12(14)17-8-10-5-3-4-6-11(10)13/h3-6,9H,7-8H2,1-2H3,(H2,14,15)/t9-/m0/s1. The number of aliphatic imine (C=N–C) groups is 1. The molecule has 0 aliphatic heterocycles. The van der Waals surface area contributed by atoms with Crippen LogP contribution in [0.5, 0.6) is 0 Å². The molecule has 0 unspecified atom stereocenters. The van der Waals surface area contributed by atoms with Gasteiger partial charge in [-0.05, 0) is 18.6 Å². The molecule has 0 spiro atoms. The van der Waals surface area contributed by atoms with Gasteiger partial charge in [-0.2, -0.15) is 0 Å². The lowest BCUT2D eigenvalue weighted by molar-refractivity contribution is 0.186. The van der Waals surface area contributed by atoms with Gasteiger partial charge in [0.1, 0.15) is 0 Å². The first-order valence-corrected chi connectivity index (χ1v) is 6.68. The van der Waals surface area contributed by atoms with E-state index in [0.717, 1.165) is 16.3 Å². The summed E-state index contributed by atoms with van der Waals surface area (Å²) in [5, 5.41) is 1.33. The Labute approximate surface area is 111 Å². The molecule has 17 heavy (non-hydrogen) atoms. The van der Waals surface area contributed by atoms with Crippen molar-refractivity contribution in [1.82, 2.24) is 0 Å². The van der Waals surface area contributed by atoms with Crippen LogP contribution in [0.15, 0.2) is 29.3 Å². The zero-order valence-electron chi connectivity index (χ0n) is 10.0. The Morgan fingerprint density at radius 1 is 1.53 bits per heavy atom. The van der Waals surface area contributed by atoms with Gasteiger partial charge in [-0.25, -0.2) is 0 Å². The number of benzene rings is 1. The van der Waals surface area contributed by atoms with Crippen LogP contribution < -0.4 is 5.73 Å². The van der Waals surface area contributed by atoms with Crippen LogP contribution in [0.3, 0.4) is 0 Å². The molecular weight excluding hydrogens is 256 g/mol. The number of halogens is 1. The van der Waals surface area contributed by atoms with E-state index in [9.17, 15) is 0 Å². The van der Waals surface area contributed by atoms with Crippen LogP contribution in [-0.2, 0) is 10.5 Å². The molecule has 2 N–H and O–H groups in total. The summed E-state index contributed by atoms with van der Waals surface area (Å²) in [7, 11) is 1.65. The Kier molecular flexibility index (Phi) is 6.40. The first-order chi connectivity index (χ1) is 8.13. The van der Waals surface area contributed by atoms with Crippen molar-refractivity contribution >= 4 is 28.5 Å². The summed E-state index contributed by atoms with van der Waals surface area (Å²) < 4.78 is 4.99. The van der Waals surface area contributed by atoms with Gasteiger partial charge in [0.15, 0.2) is 5.17 Å². The minimum absolute atomic E-state index is 0.0822. The fraction of sp³-hybridized carbons (Fsp3) is 0.417. The van der Waals surface area contributed by atoms with Gasteiger partial charge in [-0.15, -0.1) is 0 Å². The molecule has 5 heteroatoms. The van der Waals surface area contributed by atoms with E-state index in [0.29, 0.717) is 11.8 Å². The van der Waals surface area contributed by atoms with Crippen LogP contribution in [0.25, 0.3) is 0 Å². The fourth-order valence-corrected chi connectivity index (χ4v) is 2.39. The van der Waals surface area contributed by atoms with E-state index < -0.39 is 0 Å². The van der Waals surface area contributed by atoms with Gasteiger partial charge in [0, 0.05) is 17.9 Å². The molecule has 0 amide bonds. The minimum Gasteiger partial charge on any atom is -0.382 e. The van der Waals surface area contributed by atoms with Crippen LogP contribution >= 0.6 is 23.4 Å². The smallest absolute Gasteiger partial charge is 0.154 e. The number of hydrogen-bond donors (Lipinski definition) is 1. The second kappa shape index (κ2) is 7.58. The molecule has 0 saturated carbocycles. The quantitative estimate of drug-likeness (QED) is 0.662. The zero-order chi connectivity index (χ0) is 12.7. The van der Waals surface area contributed by atoms with Crippen molar-refractivity contribution in [2.75, 3.05) is 13.7 Å². The molecule has 0 aliphatic carbocycles. The maximum absolute atomic E-state index is 6.05. The molecule has 0 saturated heterocycles. The third-order valence-corrected chi connectivity index (χ3v) is 3.31. The first kappa shape index (κ1) is 14.4. The van der Waals surface area contributed by atoms with Gasteiger partial charge in [-0.3, -0.25) is 4.99 Å². The van der Waals surface area contributed by atoms with Crippen LogP contribution in [0.2, 0.25) is 5.02 Å². The van der Waals surface area contributed by atoms with E-state index >= 15 is 0 Å². The highest BCUT2D eigenvalue weighted by atomic mass is 35.5. The number of rotatable bonds is 5. The van der Waals surface area contributed by atoms with E-state index in [2.05, 4.69) is 4.99 Å². The third kappa shape index (κ3) is 5.44. The lowest BCUT2D eigenvalue weighted by Crippen LogP contribution is -2.15. The third-order valence-electron chi connectivity index (χ3n) is 2.09. The number of nitrogens with zero attached hydrogens (tertiary/aromatic N) is 1. The summed E-state index contributed by atoms with van der Waals surface area (Å²) in [6, 6.07) is 7.82. The molecular formula is C12H17ClN2OS. The number of hydrogen-bond acceptors (Lipinski definition) is 3. The van der Waals surface area contributed by atoms with Crippen molar-refractivity contribution < 1.29 is 4.74 Å². The second-order valence-electron chi connectivity index (χ2n) is 3.65. The molecule has 94 valence electrons. The summed E-state index contributed by atoms with van der Waals surface area (Å²) in [6.45, 7) is 2.54. The monoisotopic (exact) mass is 272 g/mol. The molecule has 0 fully saturated rings. The van der Waals surface area contributed by atoms with Crippen LogP contribution in [0.1, 0.15) is 12.5 Å². The Hall–Kier alpha value is -0.710.